The number of hydrogen-bond donors (Lipinski definition) is 1. The van der Waals surface area contributed by atoms with Crippen LogP contribution in [0.4, 0.5) is 5.95 Å². The molecule has 1 aliphatic rings. The molecule has 0 saturated carbocycles. The molecular formula is C25H32N4O7S. The summed E-state index contributed by atoms with van der Waals surface area (Å²) >= 11 is 0. The predicted molar refractivity (Wildman–Crippen MR) is 139 cm³/mol. The van der Waals surface area contributed by atoms with E-state index >= 15 is 0 Å². The van der Waals surface area contributed by atoms with Crippen LogP contribution in [0.3, 0.4) is 0 Å². The fraction of sp³-hybridized carbons (Fsp3) is 0.440. The smallest absolute Gasteiger partial charge is 0.264 e. The van der Waals surface area contributed by atoms with Gasteiger partial charge in [-0.05, 0) is 24.5 Å². The lowest BCUT2D eigenvalue weighted by Gasteiger charge is -2.32. The summed E-state index contributed by atoms with van der Waals surface area (Å²) in [5, 5.41) is 0.286. The van der Waals surface area contributed by atoms with Crippen LogP contribution in [0.1, 0.15) is 18.4 Å². The predicted octanol–water partition coefficient (Wildman–Crippen LogP) is 2.38. The van der Waals surface area contributed by atoms with Gasteiger partial charge in [-0.1, -0.05) is 18.2 Å². The lowest BCUT2D eigenvalue weighted by atomic mass is 10.1. The summed E-state index contributed by atoms with van der Waals surface area (Å²) in [5.41, 5.74) is 0.720. The van der Waals surface area contributed by atoms with Gasteiger partial charge in [0.25, 0.3) is 5.56 Å². The topological polar surface area (TPSA) is 123 Å². The van der Waals surface area contributed by atoms with Gasteiger partial charge in [0.1, 0.15) is 5.39 Å². The number of nitrogens with one attached hydrogen (secondary N) is 1. The summed E-state index contributed by atoms with van der Waals surface area (Å²) in [6, 6.07) is 8.53. The summed E-state index contributed by atoms with van der Waals surface area (Å²) in [6.45, 7) is 1.42. The zero-order valence-corrected chi connectivity index (χ0v) is 22.4. The van der Waals surface area contributed by atoms with Crippen LogP contribution < -0.4 is 24.7 Å². The van der Waals surface area contributed by atoms with Crippen molar-refractivity contribution < 1.29 is 27.4 Å². The molecule has 200 valence electrons. The van der Waals surface area contributed by atoms with E-state index in [9.17, 15) is 13.2 Å². The van der Waals surface area contributed by atoms with E-state index in [1.165, 1.54) is 39.7 Å². The summed E-state index contributed by atoms with van der Waals surface area (Å²) in [5.74, 6) is 1.46. The van der Waals surface area contributed by atoms with Crippen molar-refractivity contribution in [3.8, 4) is 17.2 Å². The van der Waals surface area contributed by atoms with Crippen LogP contribution in [-0.4, -0.2) is 77.3 Å². The van der Waals surface area contributed by atoms with Crippen molar-refractivity contribution in [2.75, 3.05) is 53.4 Å². The third-order valence-electron chi connectivity index (χ3n) is 6.44. The molecule has 2 heterocycles. The number of hydrogen-bond acceptors (Lipinski definition) is 9. The first-order valence-corrected chi connectivity index (χ1v) is 13.2. The Morgan fingerprint density at radius 3 is 2.35 bits per heavy atom. The number of aromatic nitrogens is 2. The fourth-order valence-corrected chi connectivity index (χ4v) is 5.52. The molecule has 0 aliphatic carbocycles. The second-order valence-electron chi connectivity index (χ2n) is 8.82. The highest BCUT2D eigenvalue weighted by Crippen LogP contribution is 2.41. The van der Waals surface area contributed by atoms with Crippen molar-refractivity contribution >= 4 is 26.9 Å². The monoisotopic (exact) mass is 532 g/mol. The van der Waals surface area contributed by atoms with Crippen molar-refractivity contribution in [3.63, 3.8) is 0 Å². The molecule has 0 atom stereocenters. The Morgan fingerprint density at radius 2 is 1.73 bits per heavy atom. The molecule has 0 amide bonds. The quantitative estimate of drug-likeness (QED) is 0.442. The lowest BCUT2D eigenvalue weighted by molar-refractivity contribution is 0.0238. The summed E-state index contributed by atoms with van der Waals surface area (Å²) in [7, 11) is 3.91. The number of H-pyrrole nitrogens is 1. The average Bonchev–Trinajstić information content (AvgIpc) is 2.90. The Kier molecular flexibility index (Phi) is 7.90. The normalized spacial score (nSPS) is 14.8. The Morgan fingerprint density at radius 1 is 1.05 bits per heavy atom. The minimum atomic E-state index is -3.56. The van der Waals surface area contributed by atoms with E-state index in [0.717, 1.165) is 0 Å². The van der Waals surface area contributed by atoms with E-state index in [2.05, 4.69) is 9.97 Å². The van der Waals surface area contributed by atoms with Crippen LogP contribution in [-0.2, 0) is 21.4 Å². The zero-order valence-electron chi connectivity index (χ0n) is 21.6. The number of benzene rings is 2. The molecule has 2 aromatic carbocycles. The van der Waals surface area contributed by atoms with E-state index < -0.39 is 10.0 Å². The maximum atomic E-state index is 13.0. The third-order valence-corrected chi connectivity index (χ3v) is 8.35. The number of aromatic amines is 1. The van der Waals surface area contributed by atoms with Crippen molar-refractivity contribution in [2.45, 2.75) is 30.4 Å². The maximum absolute atomic E-state index is 13.0. The number of rotatable bonds is 9. The number of piperidine rings is 1. The Bertz CT molecular complexity index is 1430. The fourth-order valence-electron chi connectivity index (χ4n) is 4.42. The van der Waals surface area contributed by atoms with E-state index in [1.807, 2.05) is 4.90 Å². The van der Waals surface area contributed by atoms with Crippen LogP contribution in [0, 0.1) is 0 Å². The number of sulfonamides is 1. The van der Waals surface area contributed by atoms with Gasteiger partial charge in [0, 0.05) is 33.3 Å². The average molecular weight is 533 g/mol. The molecule has 1 aromatic heterocycles. The van der Waals surface area contributed by atoms with Crippen LogP contribution in [0.5, 0.6) is 17.2 Å². The second-order valence-corrected chi connectivity index (χ2v) is 10.9. The summed E-state index contributed by atoms with van der Waals surface area (Å²) in [6.07, 6.45) is 1.34. The maximum Gasteiger partial charge on any atom is 0.264 e. The third kappa shape index (κ3) is 5.22. The van der Waals surface area contributed by atoms with Gasteiger partial charge in [0.2, 0.25) is 21.7 Å². The van der Waals surface area contributed by atoms with Gasteiger partial charge in [0.15, 0.2) is 11.5 Å². The molecule has 1 fully saturated rings. The number of anilines is 1. The van der Waals surface area contributed by atoms with Gasteiger partial charge in [-0.15, -0.1) is 0 Å². The van der Waals surface area contributed by atoms with E-state index in [4.69, 9.17) is 18.9 Å². The van der Waals surface area contributed by atoms with Crippen LogP contribution in [0.15, 0.2) is 40.0 Å². The first kappa shape index (κ1) is 26.7. The van der Waals surface area contributed by atoms with Gasteiger partial charge < -0.3 is 23.8 Å². The Balaban J connectivity index is 1.48. The zero-order chi connectivity index (χ0) is 26.7. The van der Waals surface area contributed by atoms with Crippen LogP contribution >= 0.6 is 0 Å². The summed E-state index contributed by atoms with van der Waals surface area (Å²) < 4.78 is 48.8. The molecule has 1 N–H and O–H groups in total. The van der Waals surface area contributed by atoms with E-state index in [0.29, 0.717) is 54.5 Å². The number of fused-ring (bicyclic) bond motifs is 1. The molecule has 12 heteroatoms. The highest BCUT2D eigenvalue weighted by Gasteiger charge is 2.26. The SMILES string of the molecule is COc1cc2nc(N3CCC(OCc4ccccc4S(=O)(=O)N(C)C)CC3)[nH]c(=O)c2c(OC)c1OC. The molecular weight excluding hydrogens is 500 g/mol. The summed E-state index contributed by atoms with van der Waals surface area (Å²) in [4.78, 5) is 22.8. The number of ether oxygens (including phenoxy) is 4. The minimum absolute atomic E-state index is 0.0528. The second kappa shape index (κ2) is 11.0. The van der Waals surface area contributed by atoms with Gasteiger partial charge in [-0.3, -0.25) is 9.78 Å². The minimum Gasteiger partial charge on any atom is -0.493 e. The van der Waals surface area contributed by atoms with E-state index in [1.54, 1.807) is 30.3 Å². The van der Waals surface area contributed by atoms with Gasteiger partial charge in [-0.25, -0.2) is 17.7 Å². The van der Waals surface area contributed by atoms with Crippen molar-refractivity contribution in [2.24, 2.45) is 0 Å². The largest absolute Gasteiger partial charge is 0.493 e. The van der Waals surface area contributed by atoms with Crippen molar-refractivity contribution in [1.82, 2.24) is 14.3 Å². The number of nitrogens with zero attached hydrogens (tertiary/aromatic N) is 3. The molecule has 11 nitrogen and oxygen atoms in total. The molecule has 1 aliphatic heterocycles. The van der Waals surface area contributed by atoms with Crippen molar-refractivity contribution in [1.29, 1.82) is 0 Å². The molecule has 0 bridgehead atoms. The van der Waals surface area contributed by atoms with Crippen LogP contribution in [0.25, 0.3) is 10.9 Å². The molecule has 37 heavy (non-hydrogen) atoms. The standard InChI is InChI=1S/C25H32N4O7S/c1-28(2)37(31,32)20-9-7-6-8-16(20)15-36-17-10-12-29(13-11-17)25-26-18-14-19(33-3)22(34-4)23(35-5)21(18)24(30)27-25/h6-9,14,17H,10-13,15H2,1-5H3,(H,26,27,30). The van der Waals surface area contributed by atoms with Crippen LogP contribution in [0.2, 0.25) is 0 Å². The molecule has 0 spiro atoms. The van der Waals surface area contributed by atoms with Gasteiger partial charge in [0.05, 0.1) is 44.5 Å². The molecule has 3 aromatic rings. The first-order valence-electron chi connectivity index (χ1n) is 11.8. The van der Waals surface area contributed by atoms with Gasteiger partial charge in [-0.2, -0.15) is 0 Å². The van der Waals surface area contributed by atoms with E-state index in [-0.39, 0.29) is 34.3 Å². The number of methoxy groups -OCH3 is 3. The first-order chi connectivity index (χ1) is 17.7. The Hall–Kier alpha value is -3.35. The highest BCUT2D eigenvalue weighted by molar-refractivity contribution is 7.89. The molecule has 1 saturated heterocycles. The molecule has 0 unspecified atom stereocenters. The Labute approximate surface area is 216 Å². The highest BCUT2D eigenvalue weighted by atomic mass is 32.2. The van der Waals surface area contributed by atoms with Gasteiger partial charge >= 0.3 is 0 Å². The lowest BCUT2D eigenvalue weighted by Crippen LogP contribution is -2.38. The molecule has 0 radical (unpaired) electrons. The van der Waals surface area contributed by atoms with Crippen molar-refractivity contribution in [3.05, 3.63) is 46.2 Å². The molecule has 4 rings (SSSR count).